The second kappa shape index (κ2) is 16.6. The van der Waals surface area contributed by atoms with Gasteiger partial charge in [0.2, 0.25) is 0 Å². The van der Waals surface area contributed by atoms with Crippen LogP contribution >= 0.6 is 0 Å². The van der Waals surface area contributed by atoms with E-state index in [0.717, 1.165) is 67.6 Å². The molecule has 4 heteroatoms. The highest BCUT2D eigenvalue weighted by Gasteiger charge is 2.52. The molecule has 350 valence electrons. The van der Waals surface area contributed by atoms with E-state index in [1.54, 1.807) is 6.08 Å². The lowest BCUT2D eigenvalue weighted by Crippen LogP contribution is -2.31. The van der Waals surface area contributed by atoms with E-state index in [2.05, 4.69) is 165 Å². The number of allylic oxidation sites excluding steroid dienone is 1. The Morgan fingerprint density at radius 1 is 0.479 bits per heavy atom. The highest BCUT2D eigenvalue weighted by atomic mass is 19.1. The van der Waals surface area contributed by atoms with Crippen LogP contribution in [0.2, 0.25) is 0 Å². The van der Waals surface area contributed by atoms with Crippen molar-refractivity contribution in [1.29, 1.82) is 0 Å². The van der Waals surface area contributed by atoms with Crippen molar-refractivity contribution < 1.29 is 13.5 Å². The number of hydrogen-bond donors (Lipinski definition) is 0. The molecule has 1 spiro atoms. The number of rotatable bonds is 9. The molecule has 0 N–H and O–H groups in total. The molecule has 13 rings (SSSR count). The van der Waals surface area contributed by atoms with Gasteiger partial charge in [0.25, 0.3) is 0 Å². The van der Waals surface area contributed by atoms with Gasteiger partial charge in [-0.3, -0.25) is 0 Å². The summed E-state index contributed by atoms with van der Waals surface area (Å²) in [6.45, 7) is 14.2. The van der Waals surface area contributed by atoms with E-state index in [4.69, 9.17) is 4.74 Å². The van der Waals surface area contributed by atoms with Gasteiger partial charge in [-0.2, -0.15) is 0 Å². The number of halogens is 2. The van der Waals surface area contributed by atoms with Gasteiger partial charge < -0.3 is 9.64 Å². The summed E-state index contributed by atoms with van der Waals surface area (Å²) < 4.78 is 39.1. The third-order valence-corrected chi connectivity index (χ3v) is 15.7. The van der Waals surface area contributed by atoms with Crippen LogP contribution in [0.1, 0.15) is 73.7 Å². The first kappa shape index (κ1) is 44.1. The number of benzene rings is 10. The zero-order valence-electron chi connectivity index (χ0n) is 40.8. The topological polar surface area (TPSA) is 12.5 Å². The summed E-state index contributed by atoms with van der Waals surface area (Å²) in [7, 11) is 0. The van der Waals surface area contributed by atoms with Crippen LogP contribution in [0.3, 0.4) is 0 Å². The SMILES string of the molecule is C=Cc1ccc(Oc2ccc(C3(c4c(C)cc(F)cc4F)c4ccccc4-c4ccc(N(c5ccc(C(=C)C)cc5)c5ccc6c(c5)C5(c7ccccc7-c7ccc(C)cc75)c5ccccc5-6)cc43)cc2)cc1. The smallest absolute Gasteiger partial charge is 0.131 e. The van der Waals surface area contributed by atoms with Crippen molar-refractivity contribution in [2.24, 2.45) is 0 Å². The van der Waals surface area contributed by atoms with E-state index in [-0.39, 0.29) is 0 Å². The number of anilines is 3. The zero-order chi connectivity index (χ0) is 49.8. The second-order valence-electron chi connectivity index (χ2n) is 19.8. The van der Waals surface area contributed by atoms with Crippen LogP contribution in [0, 0.1) is 25.5 Å². The number of nitrogens with zero attached hydrogens (tertiary/aromatic N) is 1. The summed E-state index contributed by atoms with van der Waals surface area (Å²) in [4.78, 5) is 2.33. The molecule has 0 fully saturated rings. The molecule has 0 saturated carbocycles. The van der Waals surface area contributed by atoms with E-state index >= 15 is 8.78 Å². The van der Waals surface area contributed by atoms with Gasteiger partial charge in [-0.25, -0.2) is 8.78 Å². The lowest BCUT2D eigenvalue weighted by Gasteiger charge is -2.36. The normalized spacial score (nSPS) is 16.2. The van der Waals surface area contributed by atoms with Gasteiger partial charge in [-0.15, -0.1) is 0 Å². The van der Waals surface area contributed by atoms with Crippen LogP contribution in [0.25, 0.3) is 45.0 Å². The molecule has 0 bridgehead atoms. The van der Waals surface area contributed by atoms with Crippen LogP contribution in [0.5, 0.6) is 11.5 Å². The van der Waals surface area contributed by atoms with Crippen LogP contribution < -0.4 is 9.64 Å². The van der Waals surface area contributed by atoms with Crippen LogP contribution in [-0.4, -0.2) is 0 Å². The lowest BCUT2D eigenvalue weighted by molar-refractivity contribution is 0.482. The molecule has 2 unspecified atom stereocenters. The van der Waals surface area contributed by atoms with Gasteiger partial charge in [-0.05, 0) is 177 Å². The maximum absolute atomic E-state index is 17.3. The zero-order valence-corrected chi connectivity index (χ0v) is 40.8. The van der Waals surface area contributed by atoms with Crippen LogP contribution in [0.15, 0.2) is 225 Å². The van der Waals surface area contributed by atoms with Gasteiger partial charge in [0.05, 0.1) is 10.8 Å². The third-order valence-electron chi connectivity index (χ3n) is 15.7. The molecule has 3 aliphatic carbocycles. The Labute approximate surface area is 425 Å². The Hall–Kier alpha value is -8.86. The number of fused-ring (bicyclic) bond motifs is 13. The largest absolute Gasteiger partial charge is 0.457 e. The minimum Gasteiger partial charge on any atom is -0.457 e. The highest BCUT2D eigenvalue weighted by molar-refractivity contribution is 5.97. The fourth-order valence-corrected chi connectivity index (χ4v) is 12.6. The second-order valence-corrected chi connectivity index (χ2v) is 19.8. The highest BCUT2D eigenvalue weighted by Crippen LogP contribution is 2.64. The molecular weight excluding hydrogens is 897 g/mol. The molecule has 73 heavy (non-hydrogen) atoms. The standard InChI is InChI=1S/C69H49F2NO/c1-6-45-20-30-52(31-21-45)73-53-32-24-47(25-33-53)68(67-44(5)38-48(70)39-66(67)71)60-16-10-7-13-54(60)58-35-28-50(40-64(58)68)72(49-26-22-46(23-27-49)42(2)3)51-29-36-59-56-15-9-12-18-62(56)69(65(59)41-51)61-17-11-8-14-55(61)57-34-19-43(4)37-63(57)69/h6-41H,1-2H2,3-5H3. The van der Waals surface area contributed by atoms with E-state index < -0.39 is 22.5 Å². The van der Waals surface area contributed by atoms with Crippen molar-refractivity contribution in [3.8, 4) is 44.9 Å². The summed E-state index contributed by atoms with van der Waals surface area (Å²) in [6.07, 6.45) is 1.80. The average Bonchev–Trinajstić information content (AvgIpc) is 4.01. The fraction of sp³-hybridized carbons (Fsp3) is 0.0725. The van der Waals surface area contributed by atoms with E-state index in [9.17, 15) is 0 Å². The predicted molar refractivity (Wildman–Crippen MR) is 295 cm³/mol. The molecule has 0 amide bonds. The monoisotopic (exact) mass is 945 g/mol. The summed E-state index contributed by atoms with van der Waals surface area (Å²) in [5, 5.41) is 0. The number of hydrogen-bond acceptors (Lipinski definition) is 2. The first-order valence-electron chi connectivity index (χ1n) is 24.8. The summed E-state index contributed by atoms with van der Waals surface area (Å²) >= 11 is 0. The Morgan fingerprint density at radius 3 is 1.48 bits per heavy atom. The molecule has 2 nitrogen and oxygen atoms in total. The van der Waals surface area contributed by atoms with Crippen LogP contribution in [-0.2, 0) is 10.8 Å². The van der Waals surface area contributed by atoms with Crippen molar-refractivity contribution in [3.05, 3.63) is 304 Å². The lowest BCUT2D eigenvalue weighted by atomic mass is 9.66. The van der Waals surface area contributed by atoms with E-state index in [0.29, 0.717) is 22.6 Å². The molecule has 0 heterocycles. The first-order valence-corrected chi connectivity index (χ1v) is 24.8. The van der Waals surface area contributed by atoms with Crippen molar-refractivity contribution >= 4 is 28.7 Å². The fourth-order valence-electron chi connectivity index (χ4n) is 12.6. The van der Waals surface area contributed by atoms with Crippen molar-refractivity contribution in [2.75, 3.05) is 4.90 Å². The minimum absolute atomic E-state index is 0.398. The van der Waals surface area contributed by atoms with Crippen molar-refractivity contribution in [2.45, 2.75) is 31.6 Å². The Kier molecular flexibility index (Phi) is 10.0. The Bertz CT molecular complexity index is 3890. The minimum atomic E-state index is -1.21. The Morgan fingerprint density at radius 2 is 0.945 bits per heavy atom. The van der Waals surface area contributed by atoms with Gasteiger partial charge >= 0.3 is 0 Å². The summed E-state index contributed by atoms with van der Waals surface area (Å²) in [5.74, 6) is 0.0783. The quantitative estimate of drug-likeness (QED) is 0.143. The molecular formula is C69H49F2NO. The molecule has 0 radical (unpaired) electrons. The molecule has 2 atom stereocenters. The van der Waals surface area contributed by atoms with Gasteiger partial charge in [0.15, 0.2) is 0 Å². The van der Waals surface area contributed by atoms with Crippen LogP contribution in [0.4, 0.5) is 25.8 Å². The molecule has 0 aliphatic heterocycles. The molecule has 10 aromatic rings. The van der Waals surface area contributed by atoms with Gasteiger partial charge in [-0.1, -0.05) is 170 Å². The maximum Gasteiger partial charge on any atom is 0.131 e. The molecule has 3 aliphatic rings. The average molecular weight is 946 g/mol. The summed E-state index contributed by atoms with van der Waals surface area (Å²) in [6, 6.07) is 73.2. The van der Waals surface area contributed by atoms with Gasteiger partial charge in [0.1, 0.15) is 23.1 Å². The van der Waals surface area contributed by atoms with Crippen molar-refractivity contribution in [3.63, 3.8) is 0 Å². The predicted octanol–water partition coefficient (Wildman–Crippen LogP) is 18.2. The maximum atomic E-state index is 17.3. The summed E-state index contributed by atoms with van der Waals surface area (Å²) in [5.41, 5.74) is 20.7. The molecule has 0 aromatic heterocycles. The molecule has 0 saturated heterocycles. The molecule has 10 aromatic carbocycles. The van der Waals surface area contributed by atoms with Gasteiger partial charge in [0, 0.05) is 28.7 Å². The third kappa shape index (κ3) is 6.46. The van der Waals surface area contributed by atoms with Crippen molar-refractivity contribution in [1.82, 2.24) is 0 Å². The number of aryl methyl sites for hydroxylation is 2. The first-order chi connectivity index (χ1) is 35.6. The Balaban J connectivity index is 1.06. The number of ether oxygens (including phenoxy) is 1. The van der Waals surface area contributed by atoms with E-state index in [1.165, 1.54) is 56.1 Å². The van der Waals surface area contributed by atoms with E-state index in [1.807, 2.05) is 74.5 Å².